The van der Waals surface area contributed by atoms with E-state index in [1.54, 1.807) is 6.07 Å². The van der Waals surface area contributed by atoms with E-state index in [0.717, 1.165) is 69.8 Å². The van der Waals surface area contributed by atoms with Crippen LogP contribution in [0.15, 0.2) is 117 Å². The molecule has 4 aromatic rings. The number of rotatable bonds is 12. The zero-order valence-corrected chi connectivity index (χ0v) is 36.5. The van der Waals surface area contributed by atoms with Gasteiger partial charge in [0.1, 0.15) is 17.9 Å². The fourth-order valence-electron chi connectivity index (χ4n) is 8.12. The summed E-state index contributed by atoms with van der Waals surface area (Å²) in [6.45, 7) is 10.1. The van der Waals surface area contributed by atoms with E-state index in [-0.39, 0.29) is 5.82 Å². The van der Waals surface area contributed by atoms with Crippen LogP contribution in [0.25, 0.3) is 21.5 Å². The summed E-state index contributed by atoms with van der Waals surface area (Å²) < 4.78 is 14.2. The number of carboxylic acid groups (broad SMARTS) is 2. The maximum absolute atomic E-state index is 14.2. The van der Waals surface area contributed by atoms with Crippen LogP contribution in [0.1, 0.15) is 70.1 Å². The Hall–Kier alpha value is -5.13. The van der Waals surface area contributed by atoms with Gasteiger partial charge in [0.25, 0.3) is 0 Å². The van der Waals surface area contributed by atoms with Crippen molar-refractivity contribution in [2.24, 2.45) is 11.8 Å². The fourth-order valence-corrected chi connectivity index (χ4v) is 10.9. The van der Waals surface area contributed by atoms with Gasteiger partial charge in [-0.05, 0) is 132 Å². The van der Waals surface area contributed by atoms with Gasteiger partial charge >= 0.3 is 11.9 Å². The number of benzene rings is 4. The number of nitrogens with zero attached hydrogens (tertiary/aromatic N) is 2. The summed E-state index contributed by atoms with van der Waals surface area (Å²) in [5.74, 6) is -0.654. The molecule has 2 saturated heterocycles. The second kappa shape index (κ2) is 20.0. The minimum atomic E-state index is -0.985. The lowest BCUT2D eigenvalue weighted by Gasteiger charge is -2.22. The lowest BCUT2D eigenvalue weighted by molar-refractivity contribution is -0.144. The number of carbonyl (C=O) groups excluding carboxylic acids is 2. The standard InChI is InChI=1S/C24H25NO3S.C23H22FNO3S.C2H6/c1-3-16(12-18-9-8-15(2)19-6-4-5-7-20(18)19)22(17-10-11-17)23-25(14-26)21(13-29-23)24(27)28;1-2-14(11-16-9-10-19(24)18-6-4-3-5-17(16)18)21(15-7-8-15)22-25(13-26)20(12-29-22)23(27)28;1-2/h3-9,14,17,21H,10-13H2,1-2H3,(H,27,28);2-6,9-10,13,15,20H,7-8,11-12H2,1H3,(H,27,28);1-2H3/b16-3-,23-22-;14-2-,22-21-;. The Kier molecular flexibility index (Phi) is 14.8. The first kappa shape index (κ1) is 44.4. The zero-order valence-electron chi connectivity index (χ0n) is 34.8. The monoisotopic (exact) mass is 848 g/mol. The van der Waals surface area contributed by atoms with Gasteiger partial charge in [-0.25, -0.2) is 14.0 Å². The van der Waals surface area contributed by atoms with Crippen LogP contribution >= 0.6 is 23.5 Å². The molecule has 2 aliphatic carbocycles. The Morgan fingerprint density at radius 2 is 1.05 bits per heavy atom. The van der Waals surface area contributed by atoms with Gasteiger partial charge in [-0.15, -0.1) is 23.5 Å². The molecule has 4 aliphatic rings. The number of thioether (sulfide) groups is 2. The molecular weight excluding hydrogens is 796 g/mol. The molecule has 2 heterocycles. The molecule has 2 amide bonds. The number of fused-ring (bicyclic) bond motifs is 2. The van der Waals surface area contributed by atoms with Gasteiger partial charge in [-0.1, -0.05) is 92.7 Å². The van der Waals surface area contributed by atoms with Crippen LogP contribution in [-0.2, 0) is 32.0 Å². The first-order valence-corrected chi connectivity index (χ1v) is 22.7. The molecule has 0 bridgehead atoms. The van der Waals surface area contributed by atoms with Crippen molar-refractivity contribution in [2.75, 3.05) is 11.5 Å². The summed E-state index contributed by atoms with van der Waals surface area (Å²) in [6, 6.07) is 21.9. The van der Waals surface area contributed by atoms with E-state index >= 15 is 0 Å². The Balaban J connectivity index is 0.000000193. The van der Waals surface area contributed by atoms with E-state index < -0.39 is 24.0 Å². The number of carbonyl (C=O) groups is 4. The lowest BCUT2D eigenvalue weighted by Crippen LogP contribution is -2.36. The smallest absolute Gasteiger partial charge is 0.327 e. The van der Waals surface area contributed by atoms with Crippen LogP contribution in [0.4, 0.5) is 4.39 Å². The second-order valence-electron chi connectivity index (χ2n) is 15.2. The SMILES string of the molecule is C/C=C(Cc1ccc(C)c2ccccc12)\C(=C1\SCC(C(=O)O)N1C=O)C1CC1.C/C=C(Cc1ccc(F)c2ccccc12)\C(=C1\SCC(C(=O)O)N1C=O)C1CC1.CC. The molecule has 2 atom stereocenters. The van der Waals surface area contributed by atoms with Crippen LogP contribution < -0.4 is 0 Å². The average molecular weight is 849 g/mol. The molecule has 8 nitrogen and oxygen atoms in total. The number of halogens is 1. The van der Waals surface area contributed by atoms with Crippen molar-refractivity contribution < 1.29 is 33.8 Å². The maximum atomic E-state index is 14.2. The first-order valence-electron chi connectivity index (χ1n) is 20.7. The van der Waals surface area contributed by atoms with Crippen molar-refractivity contribution in [2.45, 2.75) is 85.2 Å². The minimum Gasteiger partial charge on any atom is -0.480 e. The molecule has 2 N–H and O–H groups in total. The van der Waals surface area contributed by atoms with E-state index in [1.165, 1.54) is 66.9 Å². The molecule has 0 spiro atoms. The van der Waals surface area contributed by atoms with E-state index in [9.17, 15) is 33.8 Å². The minimum absolute atomic E-state index is 0.241. The van der Waals surface area contributed by atoms with E-state index in [4.69, 9.17) is 0 Å². The van der Waals surface area contributed by atoms with E-state index in [1.807, 2.05) is 58.0 Å². The Bertz CT molecular complexity index is 2250. The van der Waals surface area contributed by atoms with Gasteiger partial charge in [0.2, 0.25) is 12.8 Å². The number of aliphatic carboxylic acids is 2. The summed E-state index contributed by atoms with van der Waals surface area (Å²) in [5, 5.41) is 24.5. The highest BCUT2D eigenvalue weighted by Crippen LogP contribution is 2.49. The van der Waals surface area contributed by atoms with Crippen molar-refractivity contribution >= 4 is 69.8 Å². The molecule has 60 heavy (non-hydrogen) atoms. The summed E-state index contributed by atoms with van der Waals surface area (Å²) in [7, 11) is 0. The van der Waals surface area contributed by atoms with Crippen LogP contribution in [0.5, 0.6) is 0 Å². The molecule has 0 aromatic heterocycles. The molecule has 4 fully saturated rings. The van der Waals surface area contributed by atoms with E-state index in [2.05, 4.69) is 49.4 Å². The highest BCUT2D eigenvalue weighted by atomic mass is 32.2. The molecule has 2 aliphatic heterocycles. The topological polar surface area (TPSA) is 115 Å². The first-order chi connectivity index (χ1) is 29.1. The normalized spacial score (nSPS) is 20.9. The Labute approximate surface area is 360 Å². The van der Waals surface area contributed by atoms with E-state index in [0.29, 0.717) is 48.0 Å². The average Bonchev–Trinajstić information content (AvgIpc) is 4.20. The second-order valence-corrected chi connectivity index (χ2v) is 17.2. The molecule has 11 heteroatoms. The Morgan fingerprint density at radius 1 is 0.650 bits per heavy atom. The molecule has 8 rings (SSSR count). The molecule has 0 radical (unpaired) electrons. The third kappa shape index (κ3) is 9.42. The third-order valence-corrected chi connectivity index (χ3v) is 13.8. The highest BCUT2D eigenvalue weighted by molar-refractivity contribution is 8.03. The Morgan fingerprint density at radius 3 is 1.45 bits per heavy atom. The number of aryl methyl sites for hydroxylation is 1. The molecule has 2 saturated carbocycles. The summed E-state index contributed by atoms with van der Waals surface area (Å²) >= 11 is 2.94. The zero-order chi connectivity index (χ0) is 43.1. The summed E-state index contributed by atoms with van der Waals surface area (Å²) in [6.07, 6.45) is 11.1. The highest BCUT2D eigenvalue weighted by Gasteiger charge is 2.41. The van der Waals surface area contributed by atoms with Gasteiger partial charge in [-0.2, -0.15) is 0 Å². The molecule has 314 valence electrons. The number of carboxylic acids is 2. The number of amides is 2. The number of allylic oxidation sites excluding steroid dienone is 6. The third-order valence-electron chi connectivity index (χ3n) is 11.5. The van der Waals surface area contributed by atoms with Gasteiger partial charge in [0.15, 0.2) is 0 Å². The van der Waals surface area contributed by atoms with Gasteiger partial charge in [-0.3, -0.25) is 19.4 Å². The van der Waals surface area contributed by atoms with Crippen molar-refractivity contribution in [1.29, 1.82) is 0 Å². The van der Waals surface area contributed by atoms with Crippen LogP contribution in [0.3, 0.4) is 0 Å². The van der Waals surface area contributed by atoms with Crippen LogP contribution in [-0.4, -0.2) is 68.4 Å². The van der Waals surface area contributed by atoms with Crippen molar-refractivity contribution in [1.82, 2.24) is 9.80 Å². The lowest BCUT2D eigenvalue weighted by atomic mass is 9.91. The maximum Gasteiger partial charge on any atom is 0.327 e. The van der Waals surface area contributed by atoms with Gasteiger partial charge in [0.05, 0.1) is 10.1 Å². The predicted octanol–water partition coefficient (Wildman–Crippen LogP) is 10.7. The van der Waals surface area contributed by atoms with Crippen molar-refractivity contribution in [3.63, 3.8) is 0 Å². The van der Waals surface area contributed by atoms with Gasteiger partial charge in [0, 0.05) is 16.9 Å². The van der Waals surface area contributed by atoms with Crippen LogP contribution in [0.2, 0.25) is 0 Å². The number of hydrogen-bond donors (Lipinski definition) is 2. The number of hydrogen-bond acceptors (Lipinski definition) is 6. The molecular formula is C49H53FN2O6S2. The largest absolute Gasteiger partial charge is 0.480 e. The fraction of sp³-hybridized carbons (Fsp3) is 0.347. The molecule has 4 aromatic carbocycles. The predicted molar refractivity (Wildman–Crippen MR) is 242 cm³/mol. The quantitative estimate of drug-likeness (QED) is 0.135. The summed E-state index contributed by atoms with van der Waals surface area (Å²) in [5.41, 5.74) is 8.04. The molecule has 2 unspecified atom stereocenters. The van der Waals surface area contributed by atoms with Crippen molar-refractivity contribution in [3.8, 4) is 0 Å². The van der Waals surface area contributed by atoms with Crippen molar-refractivity contribution in [3.05, 3.63) is 140 Å². The van der Waals surface area contributed by atoms with Crippen LogP contribution in [0, 0.1) is 24.6 Å². The summed E-state index contributed by atoms with van der Waals surface area (Å²) in [4.78, 5) is 49.4. The van der Waals surface area contributed by atoms with Gasteiger partial charge < -0.3 is 10.2 Å².